The maximum atomic E-state index is 12.9. The number of nitrogens with two attached hydrogens (primary N) is 1. The Kier molecular flexibility index (Phi) is 3.95. The van der Waals surface area contributed by atoms with E-state index in [2.05, 4.69) is 9.72 Å². The number of hydrogen-bond acceptors (Lipinski definition) is 4. The van der Waals surface area contributed by atoms with Crippen LogP contribution in [0.2, 0.25) is 5.02 Å². The van der Waals surface area contributed by atoms with Gasteiger partial charge in [0.1, 0.15) is 5.69 Å². The van der Waals surface area contributed by atoms with E-state index in [0.717, 1.165) is 13.2 Å². The Bertz CT molecular complexity index is 501. The zero-order valence-electron chi connectivity index (χ0n) is 8.43. The van der Waals surface area contributed by atoms with E-state index >= 15 is 0 Å². The van der Waals surface area contributed by atoms with Gasteiger partial charge in [0.2, 0.25) is 5.83 Å². The van der Waals surface area contributed by atoms with Gasteiger partial charge in [0.25, 0.3) is 0 Å². The summed E-state index contributed by atoms with van der Waals surface area (Å²) in [6, 6.07) is 0.795. The molecule has 2 N–H and O–H groups in total. The third-order valence-electron chi connectivity index (χ3n) is 1.76. The maximum absolute atomic E-state index is 12.9. The van der Waals surface area contributed by atoms with Crippen LogP contribution in [0.1, 0.15) is 16.2 Å². The minimum Gasteiger partial charge on any atom is -0.464 e. The van der Waals surface area contributed by atoms with Crippen molar-refractivity contribution in [2.24, 2.45) is 0 Å². The van der Waals surface area contributed by atoms with E-state index < -0.39 is 29.3 Å². The Morgan fingerprint density at radius 1 is 1.47 bits per heavy atom. The molecule has 4 nitrogen and oxygen atoms in total. The van der Waals surface area contributed by atoms with Gasteiger partial charge in [0, 0.05) is 0 Å². The molecule has 1 rings (SSSR count). The standard InChI is InChI=1S/C9H6ClF3N2O2/c1-17-9(16)7-5(10)3(14)2-4(15-7)6(11)8(12)13/h2H,1H3,(H2,14,15). The highest BCUT2D eigenvalue weighted by Crippen LogP contribution is 2.28. The molecule has 17 heavy (non-hydrogen) atoms. The first-order valence-electron chi connectivity index (χ1n) is 4.14. The zero-order chi connectivity index (χ0) is 13.2. The molecular formula is C9H6ClF3N2O2. The first kappa shape index (κ1) is 13.3. The molecule has 0 aliphatic heterocycles. The van der Waals surface area contributed by atoms with Gasteiger partial charge in [-0.25, -0.2) is 9.78 Å². The van der Waals surface area contributed by atoms with Crippen molar-refractivity contribution in [1.29, 1.82) is 0 Å². The van der Waals surface area contributed by atoms with Crippen LogP contribution in [0.4, 0.5) is 18.9 Å². The minimum absolute atomic E-state index is 0.256. The van der Waals surface area contributed by atoms with E-state index in [1.54, 1.807) is 0 Å². The molecule has 1 aromatic heterocycles. The molecule has 0 saturated heterocycles. The Hall–Kier alpha value is -1.76. The van der Waals surface area contributed by atoms with Crippen LogP contribution >= 0.6 is 11.6 Å². The van der Waals surface area contributed by atoms with Gasteiger partial charge in [0.15, 0.2) is 5.69 Å². The molecule has 0 saturated carbocycles. The predicted molar refractivity (Wildman–Crippen MR) is 55.2 cm³/mol. The number of anilines is 1. The van der Waals surface area contributed by atoms with Gasteiger partial charge in [-0.05, 0) is 6.07 Å². The van der Waals surface area contributed by atoms with Crippen molar-refractivity contribution in [1.82, 2.24) is 4.98 Å². The van der Waals surface area contributed by atoms with Gasteiger partial charge in [-0.15, -0.1) is 0 Å². The summed E-state index contributed by atoms with van der Waals surface area (Å²) in [6.07, 6.45) is -2.57. The average Bonchev–Trinajstić information content (AvgIpc) is 2.30. The fourth-order valence-electron chi connectivity index (χ4n) is 0.990. The van der Waals surface area contributed by atoms with Crippen LogP contribution < -0.4 is 5.73 Å². The van der Waals surface area contributed by atoms with E-state index in [-0.39, 0.29) is 10.7 Å². The molecule has 1 aromatic rings. The van der Waals surface area contributed by atoms with Crippen LogP contribution in [0.25, 0.3) is 5.83 Å². The quantitative estimate of drug-likeness (QED) is 0.836. The number of pyridine rings is 1. The molecule has 0 spiro atoms. The number of rotatable bonds is 2. The summed E-state index contributed by atoms with van der Waals surface area (Å²) in [4.78, 5) is 14.5. The molecule has 1 heterocycles. The molecule has 0 atom stereocenters. The monoisotopic (exact) mass is 266 g/mol. The lowest BCUT2D eigenvalue weighted by Gasteiger charge is -2.06. The summed E-state index contributed by atoms with van der Waals surface area (Å²) < 4.78 is 41.3. The third kappa shape index (κ3) is 2.68. The second kappa shape index (κ2) is 5.05. The number of carbonyl (C=O) groups excluding carboxylic acids is 1. The SMILES string of the molecule is COC(=O)c1nc(C(F)=C(F)F)cc(N)c1Cl. The molecule has 8 heteroatoms. The van der Waals surface area contributed by atoms with Gasteiger partial charge in [-0.2, -0.15) is 13.2 Å². The molecule has 0 aliphatic rings. The molecule has 0 amide bonds. The summed E-state index contributed by atoms with van der Waals surface area (Å²) in [6.45, 7) is 0. The molecule has 0 fully saturated rings. The van der Waals surface area contributed by atoms with Crippen molar-refractivity contribution in [3.63, 3.8) is 0 Å². The molecule has 0 aliphatic carbocycles. The number of halogens is 4. The van der Waals surface area contributed by atoms with Crippen LogP contribution in [-0.4, -0.2) is 18.1 Å². The Morgan fingerprint density at radius 2 is 2.06 bits per heavy atom. The fraction of sp³-hybridized carbons (Fsp3) is 0.111. The minimum atomic E-state index is -2.57. The third-order valence-corrected chi connectivity index (χ3v) is 2.15. The topological polar surface area (TPSA) is 65.2 Å². The number of methoxy groups -OCH3 is 1. The van der Waals surface area contributed by atoms with Gasteiger partial charge in [0.05, 0.1) is 17.8 Å². The Balaban J connectivity index is 3.44. The first-order chi connectivity index (χ1) is 7.88. The summed E-state index contributed by atoms with van der Waals surface area (Å²) in [5, 5.41) is -0.285. The van der Waals surface area contributed by atoms with E-state index in [4.69, 9.17) is 17.3 Å². The zero-order valence-corrected chi connectivity index (χ0v) is 9.19. The number of carbonyl (C=O) groups is 1. The molecule has 0 radical (unpaired) electrons. The van der Waals surface area contributed by atoms with Gasteiger partial charge < -0.3 is 10.5 Å². The molecule has 92 valence electrons. The van der Waals surface area contributed by atoms with Gasteiger partial charge in [-0.1, -0.05) is 11.6 Å². The molecular weight excluding hydrogens is 261 g/mol. The Morgan fingerprint density at radius 3 is 2.53 bits per heavy atom. The average molecular weight is 267 g/mol. The van der Waals surface area contributed by atoms with E-state index in [1.165, 1.54) is 0 Å². The highest BCUT2D eigenvalue weighted by molar-refractivity contribution is 6.35. The predicted octanol–water partition coefficient (Wildman–Crippen LogP) is 2.64. The largest absolute Gasteiger partial charge is 0.464 e. The second-order valence-electron chi connectivity index (χ2n) is 2.83. The summed E-state index contributed by atoms with van der Waals surface area (Å²) in [5.41, 5.74) is 3.77. The van der Waals surface area contributed by atoms with Crippen molar-refractivity contribution in [3.8, 4) is 0 Å². The Labute approximate surface area is 98.8 Å². The maximum Gasteiger partial charge on any atom is 0.358 e. The summed E-state index contributed by atoms with van der Waals surface area (Å²) >= 11 is 5.61. The van der Waals surface area contributed by atoms with Crippen LogP contribution in [-0.2, 0) is 4.74 Å². The van der Waals surface area contributed by atoms with Crippen LogP contribution in [0.5, 0.6) is 0 Å². The van der Waals surface area contributed by atoms with Gasteiger partial charge in [-0.3, -0.25) is 0 Å². The summed E-state index contributed by atoms with van der Waals surface area (Å²) in [7, 11) is 1.03. The number of esters is 1. The molecule has 0 aromatic carbocycles. The smallest absolute Gasteiger partial charge is 0.358 e. The van der Waals surface area contributed by atoms with E-state index in [1.807, 2.05) is 0 Å². The fourth-order valence-corrected chi connectivity index (χ4v) is 1.16. The van der Waals surface area contributed by atoms with E-state index in [9.17, 15) is 18.0 Å². The summed E-state index contributed by atoms with van der Waals surface area (Å²) in [5.74, 6) is -2.88. The lowest BCUT2D eigenvalue weighted by Crippen LogP contribution is -2.08. The van der Waals surface area contributed by atoms with Crippen molar-refractivity contribution >= 4 is 29.1 Å². The first-order valence-corrected chi connectivity index (χ1v) is 4.51. The highest BCUT2D eigenvalue weighted by Gasteiger charge is 2.20. The lowest BCUT2D eigenvalue weighted by atomic mass is 10.2. The van der Waals surface area contributed by atoms with Crippen LogP contribution in [0.15, 0.2) is 12.1 Å². The highest BCUT2D eigenvalue weighted by atomic mass is 35.5. The van der Waals surface area contributed by atoms with Crippen molar-refractivity contribution < 1.29 is 22.7 Å². The van der Waals surface area contributed by atoms with Gasteiger partial charge >= 0.3 is 12.0 Å². The number of ether oxygens (including phenoxy) is 1. The van der Waals surface area contributed by atoms with Crippen molar-refractivity contribution in [3.05, 3.63) is 28.6 Å². The number of nitrogen functional groups attached to an aromatic ring is 1. The molecule has 0 unspecified atom stereocenters. The van der Waals surface area contributed by atoms with E-state index in [0.29, 0.717) is 0 Å². The van der Waals surface area contributed by atoms with Crippen molar-refractivity contribution in [2.75, 3.05) is 12.8 Å². The number of hydrogen-bond donors (Lipinski definition) is 1. The normalized spacial score (nSPS) is 9.94. The lowest BCUT2D eigenvalue weighted by molar-refractivity contribution is 0.0594. The number of aromatic nitrogens is 1. The number of nitrogens with zero attached hydrogens (tertiary/aromatic N) is 1. The van der Waals surface area contributed by atoms with Crippen LogP contribution in [0, 0.1) is 0 Å². The van der Waals surface area contributed by atoms with Crippen LogP contribution in [0.3, 0.4) is 0 Å². The second-order valence-corrected chi connectivity index (χ2v) is 3.20. The van der Waals surface area contributed by atoms with Crippen molar-refractivity contribution in [2.45, 2.75) is 0 Å². The molecule has 0 bridgehead atoms.